The zero-order valence-electron chi connectivity index (χ0n) is 20.7. The SMILES string of the molecule is COc1ccc(/C=C/C(=O)Cc2ccc(N3CCN(C)CC3)cc2COc2ccccc2)cc1O.Cl. The van der Waals surface area contributed by atoms with Crippen LogP contribution in [0, 0.1) is 0 Å². The first-order chi connectivity index (χ1) is 17.0. The lowest BCUT2D eigenvalue weighted by molar-refractivity contribution is -0.113. The number of para-hydroxylation sites is 1. The van der Waals surface area contributed by atoms with Gasteiger partial charge in [0.25, 0.3) is 0 Å². The Kier molecular flexibility index (Phi) is 9.79. The Morgan fingerprint density at radius 1 is 0.972 bits per heavy atom. The largest absolute Gasteiger partial charge is 0.504 e. The molecule has 0 bridgehead atoms. The molecule has 0 unspecified atom stereocenters. The lowest BCUT2D eigenvalue weighted by Crippen LogP contribution is -2.44. The van der Waals surface area contributed by atoms with Gasteiger partial charge in [-0.3, -0.25) is 4.79 Å². The van der Waals surface area contributed by atoms with Gasteiger partial charge in [0.15, 0.2) is 17.3 Å². The quantitative estimate of drug-likeness (QED) is 0.411. The molecule has 4 rings (SSSR count). The lowest BCUT2D eigenvalue weighted by atomic mass is 10.0. The molecule has 1 aliphatic rings. The highest BCUT2D eigenvalue weighted by Crippen LogP contribution is 2.27. The van der Waals surface area contributed by atoms with E-state index >= 15 is 0 Å². The van der Waals surface area contributed by atoms with Crippen LogP contribution in [0.1, 0.15) is 16.7 Å². The predicted octanol–water partition coefficient (Wildman–Crippen LogP) is 4.98. The van der Waals surface area contributed by atoms with Crippen molar-refractivity contribution in [1.82, 2.24) is 4.90 Å². The Bertz CT molecular complexity index is 1180. The van der Waals surface area contributed by atoms with Crippen LogP contribution in [-0.4, -0.2) is 56.1 Å². The summed E-state index contributed by atoms with van der Waals surface area (Å²) >= 11 is 0. The van der Waals surface area contributed by atoms with Gasteiger partial charge in [-0.15, -0.1) is 12.4 Å². The average Bonchev–Trinajstić information content (AvgIpc) is 2.88. The van der Waals surface area contributed by atoms with Crippen molar-refractivity contribution >= 4 is 30.0 Å². The standard InChI is InChI=1S/C29H32N2O4.ClH/c1-30-14-16-31(17-15-30)25-11-10-23(24(19-25)21-35-27-6-4-3-5-7-27)20-26(32)12-8-22-9-13-29(34-2)28(33)18-22;/h3-13,18-19,33H,14-17,20-21H2,1-2H3;1H/b12-8+;. The number of piperazine rings is 1. The highest BCUT2D eigenvalue weighted by atomic mass is 35.5. The van der Waals surface area contributed by atoms with Gasteiger partial charge in [-0.25, -0.2) is 0 Å². The number of carbonyl (C=O) groups is 1. The van der Waals surface area contributed by atoms with E-state index in [2.05, 4.69) is 29.0 Å². The Morgan fingerprint density at radius 3 is 2.42 bits per heavy atom. The molecular formula is C29H33ClN2O4. The van der Waals surface area contributed by atoms with Crippen molar-refractivity contribution in [3.8, 4) is 17.2 Å². The molecule has 0 atom stereocenters. The summed E-state index contributed by atoms with van der Waals surface area (Å²) in [4.78, 5) is 17.5. The molecule has 0 aromatic heterocycles. The van der Waals surface area contributed by atoms with E-state index in [1.165, 1.54) is 7.11 Å². The molecule has 1 heterocycles. The zero-order valence-corrected chi connectivity index (χ0v) is 21.5. The van der Waals surface area contributed by atoms with Crippen LogP contribution < -0.4 is 14.4 Å². The lowest BCUT2D eigenvalue weighted by Gasteiger charge is -2.34. The van der Waals surface area contributed by atoms with Crippen LogP contribution in [0.25, 0.3) is 6.08 Å². The maximum atomic E-state index is 12.8. The third-order valence-corrected chi connectivity index (χ3v) is 6.23. The average molecular weight is 509 g/mol. The third-order valence-electron chi connectivity index (χ3n) is 6.23. The summed E-state index contributed by atoms with van der Waals surface area (Å²) in [5, 5.41) is 9.96. The number of halogens is 1. The van der Waals surface area contributed by atoms with Crippen molar-refractivity contribution in [1.29, 1.82) is 0 Å². The van der Waals surface area contributed by atoms with Crippen LogP contribution in [0.15, 0.2) is 72.8 Å². The third kappa shape index (κ3) is 7.26. The molecule has 0 radical (unpaired) electrons. The van der Waals surface area contributed by atoms with E-state index in [1.54, 1.807) is 30.4 Å². The normalized spacial score (nSPS) is 13.9. The number of phenols is 1. The molecule has 7 heteroatoms. The van der Waals surface area contributed by atoms with Gasteiger partial charge in [-0.1, -0.05) is 36.4 Å². The summed E-state index contributed by atoms with van der Waals surface area (Å²) in [6, 6.07) is 21.1. The number of allylic oxidation sites excluding steroid dienone is 1. The van der Waals surface area contributed by atoms with Crippen molar-refractivity contribution < 1.29 is 19.4 Å². The number of aromatic hydroxyl groups is 1. The van der Waals surface area contributed by atoms with Crippen molar-refractivity contribution in [2.75, 3.05) is 45.2 Å². The molecule has 3 aromatic carbocycles. The van der Waals surface area contributed by atoms with Gasteiger partial charge in [0.05, 0.1) is 7.11 Å². The first kappa shape index (κ1) is 27.1. The maximum Gasteiger partial charge on any atom is 0.160 e. The molecule has 0 amide bonds. The summed E-state index contributed by atoms with van der Waals surface area (Å²) in [5.74, 6) is 1.22. The Balaban J connectivity index is 0.00000361. The number of rotatable bonds is 9. The molecule has 0 saturated carbocycles. The molecule has 1 saturated heterocycles. The monoisotopic (exact) mass is 508 g/mol. The van der Waals surface area contributed by atoms with Crippen LogP contribution in [0.2, 0.25) is 0 Å². The van der Waals surface area contributed by atoms with E-state index in [4.69, 9.17) is 9.47 Å². The van der Waals surface area contributed by atoms with Crippen LogP contribution in [0.3, 0.4) is 0 Å². The molecule has 1 N–H and O–H groups in total. The number of hydrogen-bond acceptors (Lipinski definition) is 6. The minimum absolute atomic E-state index is 0. The Labute approximate surface area is 219 Å². The predicted molar refractivity (Wildman–Crippen MR) is 147 cm³/mol. The number of likely N-dealkylation sites (N-methyl/N-ethyl adjacent to an activating group) is 1. The van der Waals surface area contributed by atoms with E-state index in [0.717, 1.165) is 54.3 Å². The smallest absolute Gasteiger partial charge is 0.160 e. The highest BCUT2D eigenvalue weighted by Gasteiger charge is 2.16. The van der Waals surface area contributed by atoms with Gasteiger partial charge in [0.2, 0.25) is 0 Å². The van der Waals surface area contributed by atoms with Crippen LogP contribution in [0.4, 0.5) is 5.69 Å². The van der Waals surface area contributed by atoms with Gasteiger partial charge in [0.1, 0.15) is 12.4 Å². The van der Waals surface area contributed by atoms with Gasteiger partial charge < -0.3 is 24.4 Å². The second kappa shape index (κ2) is 13.0. The number of ketones is 1. The number of methoxy groups -OCH3 is 1. The van der Waals surface area contributed by atoms with Crippen LogP contribution in [-0.2, 0) is 17.8 Å². The van der Waals surface area contributed by atoms with E-state index in [9.17, 15) is 9.90 Å². The molecule has 3 aromatic rings. The van der Waals surface area contributed by atoms with Crippen LogP contribution in [0.5, 0.6) is 17.2 Å². The second-order valence-electron chi connectivity index (χ2n) is 8.75. The number of phenolic OH excluding ortho intramolecular Hbond substituents is 1. The fraction of sp³-hybridized carbons (Fsp3) is 0.276. The number of nitrogens with zero attached hydrogens (tertiary/aromatic N) is 2. The van der Waals surface area contributed by atoms with Crippen molar-refractivity contribution in [2.24, 2.45) is 0 Å². The number of hydrogen-bond donors (Lipinski definition) is 1. The maximum absolute atomic E-state index is 12.8. The van der Waals surface area contributed by atoms with Crippen molar-refractivity contribution in [3.63, 3.8) is 0 Å². The molecule has 0 spiro atoms. The summed E-state index contributed by atoms with van der Waals surface area (Å²) in [7, 11) is 3.65. The van der Waals surface area contributed by atoms with Gasteiger partial charge in [-0.2, -0.15) is 0 Å². The molecule has 6 nitrogen and oxygen atoms in total. The van der Waals surface area contributed by atoms with E-state index in [1.807, 2.05) is 36.4 Å². The van der Waals surface area contributed by atoms with Gasteiger partial charge in [0, 0.05) is 38.3 Å². The van der Waals surface area contributed by atoms with E-state index < -0.39 is 0 Å². The molecule has 0 aliphatic carbocycles. The fourth-order valence-corrected chi connectivity index (χ4v) is 4.10. The Morgan fingerprint density at radius 2 is 1.72 bits per heavy atom. The summed E-state index contributed by atoms with van der Waals surface area (Å²) < 4.78 is 11.1. The summed E-state index contributed by atoms with van der Waals surface area (Å²) in [6.07, 6.45) is 3.53. The Hall–Kier alpha value is -3.48. The fourth-order valence-electron chi connectivity index (χ4n) is 4.10. The summed E-state index contributed by atoms with van der Waals surface area (Å²) in [5.41, 5.74) is 3.85. The van der Waals surface area contributed by atoms with Crippen molar-refractivity contribution in [2.45, 2.75) is 13.0 Å². The minimum Gasteiger partial charge on any atom is -0.504 e. The second-order valence-corrected chi connectivity index (χ2v) is 8.75. The summed E-state index contributed by atoms with van der Waals surface area (Å²) in [6.45, 7) is 4.41. The molecule has 190 valence electrons. The molecule has 1 aliphatic heterocycles. The first-order valence-electron chi connectivity index (χ1n) is 11.8. The number of ether oxygens (including phenoxy) is 2. The topological polar surface area (TPSA) is 62.2 Å². The molecule has 1 fully saturated rings. The minimum atomic E-state index is -0.0198. The zero-order chi connectivity index (χ0) is 24.6. The molecular weight excluding hydrogens is 476 g/mol. The number of carbonyl (C=O) groups excluding carboxylic acids is 1. The highest BCUT2D eigenvalue weighted by molar-refractivity contribution is 5.95. The molecule has 36 heavy (non-hydrogen) atoms. The van der Waals surface area contributed by atoms with Gasteiger partial charge >= 0.3 is 0 Å². The van der Waals surface area contributed by atoms with Crippen LogP contribution >= 0.6 is 12.4 Å². The van der Waals surface area contributed by atoms with Crippen molar-refractivity contribution in [3.05, 3.63) is 89.5 Å². The number of anilines is 1. The van der Waals surface area contributed by atoms with E-state index in [0.29, 0.717) is 12.4 Å². The number of benzene rings is 3. The first-order valence-corrected chi connectivity index (χ1v) is 11.8. The van der Waals surface area contributed by atoms with Gasteiger partial charge in [-0.05, 0) is 66.2 Å². The van der Waals surface area contributed by atoms with E-state index in [-0.39, 0.29) is 30.4 Å².